The van der Waals surface area contributed by atoms with Crippen molar-refractivity contribution in [1.82, 2.24) is 4.72 Å². The average molecular weight is 290 g/mol. The van der Waals surface area contributed by atoms with Gasteiger partial charge in [-0.25, -0.2) is 13.1 Å². The number of hydrogen-bond acceptors (Lipinski definition) is 2. The van der Waals surface area contributed by atoms with Gasteiger partial charge in [-0.15, -0.1) is 0 Å². The van der Waals surface area contributed by atoms with E-state index >= 15 is 0 Å². The molecule has 5 heteroatoms. The topological polar surface area (TPSA) is 46.2 Å². The van der Waals surface area contributed by atoms with Crippen molar-refractivity contribution in [2.45, 2.75) is 51.5 Å². The third-order valence-corrected chi connectivity index (χ3v) is 4.97. The van der Waals surface area contributed by atoms with E-state index in [1.807, 2.05) is 13.8 Å². The Hall–Kier alpha value is -0.580. The van der Waals surface area contributed by atoms with Crippen LogP contribution in [0.3, 0.4) is 0 Å². The summed E-state index contributed by atoms with van der Waals surface area (Å²) >= 11 is 6.24. The van der Waals surface area contributed by atoms with Gasteiger partial charge in [0.2, 0.25) is 10.0 Å². The molecule has 1 aromatic carbocycles. The van der Waals surface area contributed by atoms with Crippen LogP contribution < -0.4 is 4.72 Å². The Morgan fingerprint density at radius 3 is 2.17 bits per heavy atom. The van der Waals surface area contributed by atoms with Gasteiger partial charge >= 0.3 is 0 Å². The average Bonchev–Trinajstić information content (AvgIpc) is 2.18. The molecular formula is C13H20ClNO2S. The minimum absolute atomic E-state index is 0.141. The maximum absolute atomic E-state index is 12.1. The zero-order valence-corrected chi connectivity index (χ0v) is 13.0. The predicted octanol–water partition coefficient (Wildman–Crippen LogP) is 3.46. The van der Waals surface area contributed by atoms with E-state index in [2.05, 4.69) is 4.72 Å². The molecule has 0 fully saturated rings. The van der Waals surface area contributed by atoms with Crippen LogP contribution in [0.2, 0.25) is 5.02 Å². The van der Waals surface area contributed by atoms with Gasteiger partial charge < -0.3 is 0 Å². The van der Waals surface area contributed by atoms with Gasteiger partial charge in [0.25, 0.3) is 0 Å². The van der Waals surface area contributed by atoms with Gasteiger partial charge in [0.15, 0.2) is 0 Å². The summed E-state index contributed by atoms with van der Waals surface area (Å²) in [5.74, 6) is 0.269. The van der Waals surface area contributed by atoms with Gasteiger partial charge in [-0.05, 0) is 43.9 Å². The Morgan fingerprint density at radius 1 is 1.17 bits per heavy atom. The lowest BCUT2D eigenvalue weighted by atomic mass is 10.0. The molecule has 0 spiro atoms. The molecule has 0 bridgehead atoms. The molecule has 18 heavy (non-hydrogen) atoms. The van der Waals surface area contributed by atoms with Gasteiger partial charge in [0.1, 0.15) is 0 Å². The maximum atomic E-state index is 12.1. The number of hydrogen-bond donors (Lipinski definition) is 1. The summed E-state index contributed by atoms with van der Waals surface area (Å²) in [6.07, 6.45) is 0. The second kappa shape index (κ2) is 5.59. The molecule has 0 aliphatic rings. The van der Waals surface area contributed by atoms with Crippen LogP contribution >= 0.6 is 11.6 Å². The highest BCUT2D eigenvalue weighted by Gasteiger charge is 2.21. The highest BCUT2D eigenvalue weighted by molar-refractivity contribution is 7.89. The predicted molar refractivity (Wildman–Crippen MR) is 75.7 cm³/mol. The van der Waals surface area contributed by atoms with E-state index in [1.165, 1.54) is 0 Å². The Balaban J connectivity index is 3.33. The van der Waals surface area contributed by atoms with Crippen LogP contribution in [0.1, 0.15) is 44.7 Å². The van der Waals surface area contributed by atoms with E-state index in [0.717, 1.165) is 5.56 Å². The molecular weight excluding hydrogens is 270 g/mol. The zero-order chi connectivity index (χ0) is 14.1. The Kier molecular flexibility index (Phi) is 4.81. The van der Waals surface area contributed by atoms with Crippen LogP contribution in [0.5, 0.6) is 0 Å². The first-order valence-corrected chi connectivity index (χ1v) is 7.84. The van der Waals surface area contributed by atoms with E-state index in [4.69, 9.17) is 11.6 Å². The lowest BCUT2D eigenvalue weighted by molar-refractivity contribution is 0.569. The number of halogens is 1. The third-order valence-electron chi connectivity index (χ3n) is 2.67. The molecule has 0 heterocycles. The normalized spacial score (nSPS) is 12.4. The van der Waals surface area contributed by atoms with Crippen molar-refractivity contribution < 1.29 is 8.42 Å². The lowest BCUT2D eigenvalue weighted by Gasteiger charge is -2.16. The molecule has 0 atom stereocenters. The highest BCUT2D eigenvalue weighted by Crippen LogP contribution is 2.31. The first-order valence-electron chi connectivity index (χ1n) is 5.98. The second-order valence-corrected chi connectivity index (χ2v) is 7.08. The van der Waals surface area contributed by atoms with Crippen molar-refractivity contribution >= 4 is 21.6 Å². The first kappa shape index (κ1) is 15.5. The van der Waals surface area contributed by atoms with Crippen LogP contribution in [0.25, 0.3) is 0 Å². The van der Waals surface area contributed by atoms with Gasteiger partial charge in [-0.3, -0.25) is 0 Å². The van der Waals surface area contributed by atoms with Crippen molar-refractivity contribution in [1.29, 1.82) is 0 Å². The fourth-order valence-corrected chi connectivity index (χ4v) is 3.74. The van der Waals surface area contributed by atoms with Crippen molar-refractivity contribution in [3.8, 4) is 0 Å². The van der Waals surface area contributed by atoms with Crippen LogP contribution in [0.15, 0.2) is 17.0 Å². The highest BCUT2D eigenvalue weighted by atomic mass is 35.5. The molecule has 0 aliphatic carbocycles. The van der Waals surface area contributed by atoms with E-state index in [1.54, 1.807) is 32.9 Å². The molecule has 1 N–H and O–H groups in total. The zero-order valence-electron chi connectivity index (χ0n) is 11.4. The molecule has 0 saturated carbocycles. The molecule has 0 radical (unpaired) electrons. The summed E-state index contributed by atoms with van der Waals surface area (Å²) in [4.78, 5) is 0.255. The van der Waals surface area contributed by atoms with Crippen LogP contribution in [0, 0.1) is 6.92 Å². The Morgan fingerprint density at radius 2 is 1.72 bits per heavy atom. The summed E-state index contributed by atoms with van der Waals surface area (Å²) in [5, 5.41) is 0.539. The van der Waals surface area contributed by atoms with E-state index < -0.39 is 10.0 Å². The van der Waals surface area contributed by atoms with Gasteiger partial charge in [-0.2, -0.15) is 0 Å². The van der Waals surface area contributed by atoms with Crippen molar-refractivity contribution in [2.24, 2.45) is 0 Å². The standard InChI is InChI=1S/C13H20ClNO2S/c1-8(2)11-6-7-12(10(5)13(11)14)18(16,17)15-9(3)4/h6-9,15H,1-5H3. The molecule has 0 aliphatic heterocycles. The summed E-state index contributed by atoms with van der Waals surface area (Å²) < 4.78 is 26.8. The molecule has 3 nitrogen and oxygen atoms in total. The van der Waals surface area contributed by atoms with Gasteiger partial charge in [0, 0.05) is 11.1 Å². The van der Waals surface area contributed by atoms with Crippen molar-refractivity contribution in [3.05, 3.63) is 28.3 Å². The largest absolute Gasteiger partial charge is 0.241 e. The molecule has 0 amide bonds. The lowest BCUT2D eigenvalue weighted by Crippen LogP contribution is -2.30. The summed E-state index contributed by atoms with van der Waals surface area (Å²) in [6, 6.07) is 3.27. The number of rotatable bonds is 4. The Bertz CT molecular complexity index is 536. The third kappa shape index (κ3) is 3.25. The van der Waals surface area contributed by atoms with Crippen LogP contribution in [-0.4, -0.2) is 14.5 Å². The van der Waals surface area contributed by atoms with Gasteiger partial charge in [-0.1, -0.05) is 31.5 Å². The quantitative estimate of drug-likeness (QED) is 0.923. The fraction of sp³-hybridized carbons (Fsp3) is 0.538. The number of sulfonamides is 1. The van der Waals surface area contributed by atoms with Crippen LogP contribution in [-0.2, 0) is 10.0 Å². The van der Waals surface area contributed by atoms with E-state index in [-0.39, 0.29) is 16.9 Å². The maximum Gasteiger partial charge on any atom is 0.241 e. The first-order chi connectivity index (χ1) is 8.16. The molecule has 1 rings (SSSR count). The van der Waals surface area contributed by atoms with E-state index in [9.17, 15) is 8.42 Å². The monoisotopic (exact) mass is 289 g/mol. The molecule has 102 valence electrons. The fourth-order valence-electron chi connectivity index (χ4n) is 1.80. The second-order valence-electron chi connectivity index (χ2n) is 5.02. The molecule has 0 saturated heterocycles. The van der Waals surface area contributed by atoms with Crippen LogP contribution in [0.4, 0.5) is 0 Å². The summed E-state index contributed by atoms with van der Waals surface area (Å²) in [6.45, 7) is 9.37. The minimum atomic E-state index is -3.49. The number of nitrogens with one attached hydrogen (secondary N) is 1. The molecule has 0 aromatic heterocycles. The van der Waals surface area contributed by atoms with Crippen molar-refractivity contribution in [3.63, 3.8) is 0 Å². The molecule has 1 aromatic rings. The summed E-state index contributed by atoms with van der Waals surface area (Å²) in [5.41, 5.74) is 1.58. The molecule has 0 unspecified atom stereocenters. The summed E-state index contributed by atoms with van der Waals surface area (Å²) in [7, 11) is -3.49. The van der Waals surface area contributed by atoms with Gasteiger partial charge in [0.05, 0.1) is 4.90 Å². The van der Waals surface area contributed by atoms with E-state index in [0.29, 0.717) is 10.6 Å². The smallest absolute Gasteiger partial charge is 0.209 e. The minimum Gasteiger partial charge on any atom is -0.209 e. The SMILES string of the molecule is Cc1c(S(=O)(=O)NC(C)C)ccc(C(C)C)c1Cl. The Labute approximate surface area is 115 Å². The van der Waals surface area contributed by atoms with Crippen molar-refractivity contribution in [2.75, 3.05) is 0 Å². The number of benzene rings is 1.